The van der Waals surface area contributed by atoms with E-state index in [1.54, 1.807) is 0 Å². The molecule has 0 unspecified atom stereocenters. The van der Waals surface area contributed by atoms with Crippen molar-refractivity contribution in [2.75, 3.05) is 53.4 Å². The second kappa shape index (κ2) is 9.73. The molecular formula is C16H37N3. The van der Waals surface area contributed by atoms with E-state index in [2.05, 4.69) is 63.8 Å². The first-order valence-electron chi connectivity index (χ1n) is 7.84. The Labute approximate surface area is 121 Å². The molecule has 1 N–H and O–H groups in total. The molecule has 0 aliphatic heterocycles. The van der Waals surface area contributed by atoms with Gasteiger partial charge in [-0.1, -0.05) is 34.6 Å². The maximum absolute atomic E-state index is 3.59. The van der Waals surface area contributed by atoms with Gasteiger partial charge >= 0.3 is 0 Å². The quantitative estimate of drug-likeness (QED) is 0.623. The number of nitrogens with zero attached hydrogens (tertiary/aromatic N) is 2. The van der Waals surface area contributed by atoms with E-state index >= 15 is 0 Å². The van der Waals surface area contributed by atoms with E-state index in [1.165, 1.54) is 26.1 Å². The van der Waals surface area contributed by atoms with Crippen molar-refractivity contribution in [2.24, 2.45) is 11.3 Å². The summed E-state index contributed by atoms with van der Waals surface area (Å²) in [6, 6.07) is 0. The van der Waals surface area contributed by atoms with E-state index in [9.17, 15) is 0 Å². The van der Waals surface area contributed by atoms with Gasteiger partial charge in [0.05, 0.1) is 0 Å². The summed E-state index contributed by atoms with van der Waals surface area (Å²) in [6.07, 6.45) is 1.26. The predicted octanol–water partition coefficient (Wildman–Crippen LogP) is 2.53. The van der Waals surface area contributed by atoms with Crippen molar-refractivity contribution in [1.82, 2.24) is 15.1 Å². The normalized spacial score (nSPS) is 12.9. The van der Waals surface area contributed by atoms with Gasteiger partial charge in [0.2, 0.25) is 0 Å². The van der Waals surface area contributed by atoms with Crippen LogP contribution < -0.4 is 5.32 Å². The van der Waals surface area contributed by atoms with E-state index in [0.717, 1.165) is 25.6 Å². The lowest BCUT2D eigenvalue weighted by atomic mass is 9.92. The smallest absolute Gasteiger partial charge is 0.00447 e. The first-order chi connectivity index (χ1) is 8.76. The molecule has 0 saturated heterocycles. The van der Waals surface area contributed by atoms with Crippen molar-refractivity contribution >= 4 is 0 Å². The molecule has 116 valence electrons. The van der Waals surface area contributed by atoms with E-state index in [0.29, 0.717) is 5.41 Å². The molecule has 0 fully saturated rings. The molecular weight excluding hydrogens is 234 g/mol. The Balaban J connectivity index is 3.97. The maximum atomic E-state index is 3.59. The minimum absolute atomic E-state index is 0.350. The average Bonchev–Trinajstić information content (AvgIpc) is 2.26. The van der Waals surface area contributed by atoms with Crippen molar-refractivity contribution in [3.8, 4) is 0 Å². The van der Waals surface area contributed by atoms with Gasteiger partial charge in [0.25, 0.3) is 0 Å². The summed E-state index contributed by atoms with van der Waals surface area (Å²) in [5.41, 5.74) is 0.350. The van der Waals surface area contributed by atoms with Gasteiger partial charge in [-0.25, -0.2) is 0 Å². The molecule has 0 bridgehead atoms. The van der Waals surface area contributed by atoms with Gasteiger partial charge in [0.1, 0.15) is 0 Å². The summed E-state index contributed by atoms with van der Waals surface area (Å²) >= 11 is 0. The van der Waals surface area contributed by atoms with E-state index in [4.69, 9.17) is 0 Å². The van der Waals surface area contributed by atoms with Gasteiger partial charge in [-0.3, -0.25) is 0 Å². The largest absolute Gasteiger partial charge is 0.316 e. The molecule has 0 rings (SSSR count). The molecule has 3 heteroatoms. The van der Waals surface area contributed by atoms with E-state index in [1.807, 2.05) is 0 Å². The third-order valence-electron chi connectivity index (χ3n) is 3.33. The van der Waals surface area contributed by atoms with Crippen molar-refractivity contribution in [2.45, 2.75) is 41.0 Å². The molecule has 0 aliphatic carbocycles. The first kappa shape index (κ1) is 18.9. The molecule has 0 amide bonds. The molecule has 3 nitrogen and oxygen atoms in total. The Morgan fingerprint density at radius 3 is 2.21 bits per heavy atom. The minimum Gasteiger partial charge on any atom is -0.316 e. The molecule has 0 radical (unpaired) electrons. The molecule has 19 heavy (non-hydrogen) atoms. The molecule has 0 aromatic heterocycles. The van der Waals surface area contributed by atoms with Gasteiger partial charge < -0.3 is 15.1 Å². The van der Waals surface area contributed by atoms with Crippen LogP contribution in [0.4, 0.5) is 0 Å². The summed E-state index contributed by atoms with van der Waals surface area (Å²) in [7, 11) is 4.30. The summed E-state index contributed by atoms with van der Waals surface area (Å²) < 4.78 is 0. The highest BCUT2D eigenvalue weighted by atomic mass is 15.1. The lowest BCUT2D eigenvalue weighted by Gasteiger charge is -2.33. The fraction of sp³-hybridized carbons (Fsp3) is 1.00. The van der Waals surface area contributed by atoms with Crippen LogP contribution in [0.2, 0.25) is 0 Å². The van der Waals surface area contributed by atoms with Gasteiger partial charge in [0, 0.05) is 13.1 Å². The second-order valence-corrected chi connectivity index (χ2v) is 7.21. The summed E-state index contributed by atoms with van der Waals surface area (Å²) in [5.74, 6) is 0.734. The number of rotatable bonds is 11. The minimum atomic E-state index is 0.350. The standard InChI is InChI=1S/C16H37N3/c1-8-19(11-9-10-18(6)7)14-16(4,5)13-17-12-15(2)3/h15,17H,8-14H2,1-7H3. The zero-order valence-corrected chi connectivity index (χ0v) is 14.4. The van der Waals surface area contributed by atoms with Crippen LogP contribution >= 0.6 is 0 Å². The van der Waals surface area contributed by atoms with E-state index in [-0.39, 0.29) is 0 Å². The van der Waals surface area contributed by atoms with Crippen LogP contribution in [0, 0.1) is 11.3 Å². The third-order valence-corrected chi connectivity index (χ3v) is 3.33. The Bertz CT molecular complexity index is 212. The highest BCUT2D eigenvalue weighted by Crippen LogP contribution is 2.16. The van der Waals surface area contributed by atoms with Crippen molar-refractivity contribution in [3.63, 3.8) is 0 Å². The lowest BCUT2D eigenvalue weighted by Crippen LogP contribution is -2.42. The topological polar surface area (TPSA) is 18.5 Å². The molecule has 0 atom stereocenters. The summed E-state index contributed by atoms with van der Waals surface area (Å²) in [4.78, 5) is 4.85. The highest BCUT2D eigenvalue weighted by Gasteiger charge is 2.20. The zero-order valence-electron chi connectivity index (χ0n) is 14.4. The third kappa shape index (κ3) is 11.4. The summed E-state index contributed by atoms with van der Waals surface area (Å²) in [5, 5.41) is 3.59. The van der Waals surface area contributed by atoms with E-state index < -0.39 is 0 Å². The van der Waals surface area contributed by atoms with Gasteiger partial charge in [0.15, 0.2) is 0 Å². The van der Waals surface area contributed by atoms with Crippen LogP contribution in [-0.4, -0.2) is 63.2 Å². The van der Waals surface area contributed by atoms with Crippen molar-refractivity contribution in [3.05, 3.63) is 0 Å². The number of nitrogens with one attached hydrogen (secondary N) is 1. The van der Waals surface area contributed by atoms with Gasteiger partial charge in [-0.2, -0.15) is 0 Å². The lowest BCUT2D eigenvalue weighted by molar-refractivity contribution is 0.174. The maximum Gasteiger partial charge on any atom is 0.00447 e. The second-order valence-electron chi connectivity index (χ2n) is 7.21. The molecule has 0 aliphatic rings. The molecule has 0 saturated carbocycles. The Hall–Kier alpha value is -0.120. The zero-order chi connectivity index (χ0) is 14.9. The van der Waals surface area contributed by atoms with Crippen LogP contribution in [0.5, 0.6) is 0 Å². The SMILES string of the molecule is CCN(CCCN(C)C)CC(C)(C)CNCC(C)C. The summed E-state index contributed by atoms with van der Waals surface area (Å²) in [6.45, 7) is 18.5. The average molecular weight is 271 g/mol. The number of hydrogen-bond donors (Lipinski definition) is 1. The van der Waals surface area contributed by atoms with Crippen LogP contribution in [0.3, 0.4) is 0 Å². The fourth-order valence-electron chi connectivity index (χ4n) is 2.32. The van der Waals surface area contributed by atoms with Crippen molar-refractivity contribution in [1.29, 1.82) is 0 Å². The molecule has 0 heterocycles. The van der Waals surface area contributed by atoms with Gasteiger partial charge in [-0.05, 0) is 58.0 Å². The monoisotopic (exact) mass is 271 g/mol. The van der Waals surface area contributed by atoms with Crippen LogP contribution in [0.1, 0.15) is 41.0 Å². The predicted molar refractivity (Wildman–Crippen MR) is 86.8 cm³/mol. The van der Waals surface area contributed by atoms with Crippen LogP contribution in [0.15, 0.2) is 0 Å². The highest BCUT2D eigenvalue weighted by molar-refractivity contribution is 4.76. The molecule has 0 aromatic carbocycles. The Kier molecular flexibility index (Phi) is 9.67. The molecule has 0 aromatic rings. The first-order valence-corrected chi connectivity index (χ1v) is 7.84. The molecule has 0 spiro atoms. The van der Waals surface area contributed by atoms with Crippen LogP contribution in [0.25, 0.3) is 0 Å². The Morgan fingerprint density at radius 2 is 1.74 bits per heavy atom. The van der Waals surface area contributed by atoms with Crippen molar-refractivity contribution < 1.29 is 0 Å². The fourth-order valence-corrected chi connectivity index (χ4v) is 2.32. The van der Waals surface area contributed by atoms with Crippen LogP contribution in [-0.2, 0) is 0 Å². The number of hydrogen-bond acceptors (Lipinski definition) is 3. The Morgan fingerprint density at radius 1 is 1.11 bits per heavy atom. The van der Waals surface area contributed by atoms with Gasteiger partial charge in [-0.15, -0.1) is 0 Å².